The van der Waals surface area contributed by atoms with Crippen LogP contribution in [0.1, 0.15) is 18.9 Å². The Morgan fingerprint density at radius 1 is 1.13 bits per heavy atom. The summed E-state index contributed by atoms with van der Waals surface area (Å²) in [4.78, 5) is 12.0. The zero-order valence-corrected chi connectivity index (χ0v) is 14.4. The number of ether oxygens (including phenoxy) is 1. The molecule has 5 heteroatoms. The number of carbonyl (C=O) groups is 1. The summed E-state index contributed by atoms with van der Waals surface area (Å²) in [5.74, 6) is 0.479. The summed E-state index contributed by atoms with van der Waals surface area (Å²) in [6.07, 6.45) is 1.09. The molecule has 0 unspecified atom stereocenters. The zero-order valence-electron chi connectivity index (χ0n) is 12.9. The second-order valence-corrected chi connectivity index (χ2v) is 6.04. The maximum Gasteiger partial charge on any atom is 0.260 e. The molecule has 0 aliphatic heterocycles. The Balaban J connectivity index is 1.72. The number of amides is 1. The second kappa shape index (κ2) is 8.80. The SMILES string of the molecule is C[C@@H](Oc1ccc(Cl)cc1)C(=O)NCCCc1ccccc1Cl. The van der Waals surface area contributed by atoms with Crippen molar-refractivity contribution >= 4 is 29.1 Å². The zero-order chi connectivity index (χ0) is 16.7. The van der Waals surface area contributed by atoms with Crippen molar-refractivity contribution in [2.45, 2.75) is 25.9 Å². The van der Waals surface area contributed by atoms with Crippen molar-refractivity contribution in [3.05, 3.63) is 64.1 Å². The maximum absolute atomic E-state index is 12.0. The lowest BCUT2D eigenvalue weighted by atomic mass is 10.1. The van der Waals surface area contributed by atoms with E-state index in [4.69, 9.17) is 27.9 Å². The van der Waals surface area contributed by atoms with Gasteiger partial charge >= 0.3 is 0 Å². The highest BCUT2D eigenvalue weighted by Gasteiger charge is 2.13. The Morgan fingerprint density at radius 3 is 2.52 bits per heavy atom. The minimum atomic E-state index is -0.559. The van der Waals surface area contributed by atoms with Gasteiger partial charge in [-0.3, -0.25) is 4.79 Å². The van der Waals surface area contributed by atoms with E-state index < -0.39 is 6.10 Å². The van der Waals surface area contributed by atoms with Crippen molar-refractivity contribution < 1.29 is 9.53 Å². The Hall–Kier alpha value is -1.71. The number of carbonyl (C=O) groups excluding carboxylic acids is 1. The quantitative estimate of drug-likeness (QED) is 0.745. The number of halogens is 2. The highest BCUT2D eigenvalue weighted by Crippen LogP contribution is 2.17. The standard InChI is InChI=1S/C18H19Cl2NO2/c1-13(23-16-10-8-15(19)9-11-16)18(22)21-12-4-6-14-5-2-3-7-17(14)20/h2-3,5,7-11,13H,4,6,12H2,1H3,(H,21,22)/t13-/m1/s1. The first-order chi connectivity index (χ1) is 11.1. The van der Waals surface area contributed by atoms with Gasteiger partial charge < -0.3 is 10.1 Å². The molecule has 1 amide bonds. The molecule has 0 saturated carbocycles. The van der Waals surface area contributed by atoms with E-state index in [2.05, 4.69) is 5.32 Å². The molecule has 0 saturated heterocycles. The third kappa shape index (κ3) is 5.77. The van der Waals surface area contributed by atoms with Crippen molar-refractivity contribution in [1.29, 1.82) is 0 Å². The van der Waals surface area contributed by atoms with E-state index in [0.717, 1.165) is 23.4 Å². The van der Waals surface area contributed by atoms with Gasteiger partial charge in [0.25, 0.3) is 5.91 Å². The third-order valence-electron chi connectivity index (χ3n) is 3.38. The minimum absolute atomic E-state index is 0.140. The molecule has 0 bridgehead atoms. The molecule has 0 spiro atoms. The first-order valence-electron chi connectivity index (χ1n) is 7.49. The van der Waals surface area contributed by atoms with Crippen LogP contribution in [0.5, 0.6) is 5.75 Å². The van der Waals surface area contributed by atoms with Gasteiger partial charge in [-0.1, -0.05) is 41.4 Å². The summed E-state index contributed by atoms with van der Waals surface area (Å²) in [5, 5.41) is 4.27. The molecule has 0 aromatic heterocycles. The summed E-state index contributed by atoms with van der Waals surface area (Å²) in [7, 11) is 0. The first-order valence-corrected chi connectivity index (χ1v) is 8.25. The smallest absolute Gasteiger partial charge is 0.260 e. The average Bonchev–Trinajstić information content (AvgIpc) is 2.55. The number of hydrogen-bond acceptors (Lipinski definition) is 2. The molecular weight excluding hydrogens is 333 g/mol. The van der Waals surface area contributed by atoms with E-state index in [0.29, 0.717) is 17.3 Å². The van der Waals surface area contributed by atoms with Gasteiger partial charge in [0.1, 0.15) is 5.75 Å². The van der Waals surface area contributed by atoms with Gasteiger partial charge in [-0.25, -0.2) is 0 Å². The molecule has 0 aliphatic carbocycles. The van der Waals surface area contributed by atoms with Crippen molar-refractivity contribution in [2.24, 2.45) is 0 Å². The number of rotatable bonds is 7. The third-order valence-corrected chi connectivity index (χ3v) is 4.00. The fourth-order valence-electron chi connectivity index (χ4n) is 2.11. The van der Waals surface area contributed by atoms with E-state index in [1.807, 2.05) is 24.3 Å². The van der Waals surface area contributed by atoms with Crippen LogP contribution in [0.15, 0.2) is 48.5 Å². The summed E-state index contributed by atoms with van der Waals surface area (Å²) < 4.78 is 5.57. The van der Waals surface area contributed by atoms with Crippen LogP contribution in [-0.4, -0.2) is 18.6 Å². The van der Waals surface area contributed by atoms with Gasteiger partial charge in [-0.2, -0.15) is 0 Å². The molecule has 1 atom stereocenters. The summed E-state index contributed by atoms with van der Waals surface area (Å²) in [6.45, 7) is 2.30. The molecular formula is C18H19Cl2NO2. The Bertz CT molecular complexity index is 644. The van der Waals surface area contributed by atoms with Crippen LogP contribution in [0, 0.1) is 0 Å². The van der Waals surface area contributed by atoms with Crippen molar-refractivity contribution in [2.75, 3.05) is 6.54 Å². The van der Waals surface area contributed by atoms with Gasteiger partial charge in [-0.05, 0) is 55.7 Å². The van der Waals surface area contributed by atoms with Gasteiger partial charge in [0, 0.05) is 16.6 Å². The molecule has 2 rings (SSSR count). The largest absolute Gasteiger partial charge is 0.481 e. The van der Waals surface area contributed by atoms with E-state index in [1.165, 1.54) is 0 Å². The van der Waals surface area contributed by atoms with Crippen LogP contribution < -0.4 is 10.1 Å². The van der Waals surface area contributed by atoms with Crippen LogP contribution in [-0.2, 0) is 11.2 Å². The predicted molar refractivity (Wildman–Crippen MR) is 94.3 cm³/mol. The van der Waals surface area contributed by atoms with Gasteiger partial charge in [0.05, 0.1) is 0 Å². The van der Waals surface area contributed by atoms with Gasteiger partial charge in [0.2, 0.25) is 0 Å². The normalized spacial score (nSPS) is 11.8. The molecule has 1 N–H and O–H groups in total. The second-order valence-electron chi connectivity index (χ2n) is 5.20. The topological polar surface area (TPSA) is 38.3 Å². The molecule has 23 heavy (non-hydrogen) atoms. The van der Waals surface area contributed by atoms with Crippen molar-refractivity contribution in [3.8, 4) is 5.75 Å². The summed E-state index contributed by atoms with van der Waals surface area (Å²) >= 11 is 11.9. The van der Waals surface area contributed by atoms with Crippen LogP contribution in [0.2, 0.25) is 10.0 Å². The highest BCUT2D eigenvalue weighted by atomic mass is 35.5. The van der Waals surface area contributed by atoms with Crippen LogP contribution >= 0.6 is 23.2 Å². The monoisotopic (exact) mass is 351 g/mol. The lowest BCUT2D eigenvalue weighted by molar-refractivity contribution is -0.127. The number of hydrogen-bond donors (Lipinski definition) is 1. The van der Waals surface area contributed by atoms with Crippen molar-refractivity contribution in [3.63, 3.8) is 0 Å². The molecule has 0 heterocycles. The van der Waals surface area contributed by atoms with Crippen LogP contribution in [0.4, 0.5) is 0 Å². The molecule has 0 fully saturated rings. The van der Waals surface area contributed by atoms with Crippen molar-refractivity contribution in [1.82, 2.24) is 5.32 Å². The Kier molecular flexibility index (Phi) is 6.75. The maximum atomic E-state index is 12.0. The molecule has 2 aromatic rings. The van der Waals surface area contributed by atoms with Crippen LogP contribution in [0.25, 0.3) is 0 Å². The Morgan fingerprint density at radius 2 is 1.83 bits per heavy atom. The molecule has 0 aliphatic rings. The molecule has 0 radical (unpaired) electrons. The number of nitrogens with one attached hydrogen (secondary N) is 1. The van der Waals surface area contributed by atoms with E-state index in [-0.39, 0.29) is 5.91 Å². The van der Waals surface area contributed by atoms with E-state index >= 15 is 0 Å². The highest BCUT2D eigenvalue weighted by molar-refractivity contribution is 6.31. The summed E-state index contributed by atoms with van der Waals surface area (Å²) in [5.41, 5.74) is 1.09. The van der Waals surface area contributed by atoms with Crippen LogP contribution in [0.3, 0.4) is 0 Å². The fourth-order valence-corrected chi connectivity index (χ4v) is 2.46. The minimum Gasteiger partial charge on any atom is -0.481 e. The Labute approximate surface area is 146 Å². The first kappa shape index (κ1) is 17.6. The molecule has 2 aromatic carbocycles. The van der Waals surface area contributed by atoms with Gasteiger partial charge in [0.15, 0.2) is 6.10 Å². The molecule has 3 nitrogen and oxygen atoms in total. The fraction of sp³-hybridized carbons (Fsp3) is 0.278. The van der Waals surface area contributed by atoms with E-state index in [1.54, 1.807) is 31.2 Å². The summed E-state index contributed by atoms with van der Waals surface area (Å²) in [6, 6.07) is 14.7. The predicted octanol–water partition coefficient (Wildman–Crippen LogP) is 4.51. The van der Waals surface area contributed by atoms with Gasteiger partial charge in [-0.15, -0.1) is 0 Å². The molecule has 122 valence electrons. The number of benzene rings is 2. The average molecular weight is 352 g/mol. The number of aryl methyl sites for hydroxylation is 1. The van der Waals surface area contributed by atoms with E-state index in [9.17, 15) is 4.79 Å². The lowest BCUT2D eigenvalue weighted by Crippen LogP contribution is -2.36. The lowest BCUT2D eigenvalue weighted by Gasteiger charge is -2.14.